The van der Waals surface area contributed by atoms with Crippen molar-refractivity contribution in [3.05, 3.63) is 101 Å². The Labute approximate surface area is 220 Å². The summed E-state index contributed by atoms with van der Waals surface area (Å²) in [6.07, 6.45) is 3.10. The SMILES string of the molecule is CCC(=O)Cc1cc(F)cc(C(C)(O)c2c[nH]c(-c3cc(Oc4c(F)cc5[nH]ccc5c4F)ccc3F)n2)c1. The predicted molar refractivity (Wildman–Crippen MR) is 136 cm³/mol. The third kappa shape index (κ3) is 5.03. The molecule has 0 saturated carbocycles. The number of aromatic nitrogens is 3. The lowest BCUT2D eigenvalue weighted by molar-refractivity contribution is -0.118. The minimum absolute atomic E-state index is 0.00644. The number of nitrogens with one attached hydrogen (secondary N) is 2. The van der Waals surface area contributed by atoms with Crippen LogP contribution in [-0.2, 0) is 16.8 Å². The maximum atomic E-state index is 14.8. The van der Waals surface area contributed by atoms with Gasteiger partial charge in [0.25, 0.3) is 0 Å². The normalized spacial score (nSPS) is 13.0. The number of imidazole rings is 1. The number of hydrogen-bond acceptors (Lipinski definition) is 4. The Morgan fingerprint density at radius 3 is 2.59 bits per heavy atom. The number of H-pyrrole nitrogens is 2. The fraction of sp³-hybridized carbons (Fsp3) is 0.172. The molecular weight excluding hydrogens is 514 g/mol. The molecule has 0 bridgehead atoms. The number of aromatic amines is 2. The number of hydrogen-bond donors (Lipinski definition) is 3. The van der Waals surface area contributed by atoms with E-state index >= 15 is 0 Å². The fourth-order valence-corrected chi connectivity index (χ4v) is 4.32. The highest BCUT2D eigenvalue weighted by Gasteiger charge is 2.30. The zero-order valence-corrected chi connectivity index (χ0v) is 20.9. The topological polar surface area (TPSA) is 91.0 Å². The Morgan fingerprint density at radius 2 is 1.82 bits per heavy atom. The van der Waals surface area contributed by atoms with Crippen LogP contribution in [0, 0.1) is 23.3 Å². The van der Waals surface area contributed by atoms with Crippen LogP contribution in [0.1, 0.15) is 37.1 Å². The first-order valence-corrected chi connectivity index (χ1v) is 12.1. The summed E-state index contributed by atoms with van der Waals surface area (Å²) in [7, 11) is 0. The first kappa shape index (κ1) is 26.2. The molecule has 1 unspecified atom stereocenters. The van der Waals surface area contributed by atoms with E-state index < -0.39 is 34.6 Å². The van der Waals surface area contributed by atoms with Crippen molar-refractivity contribution in [2.75, 3.05) is 0 Å². The van der Waals surface area contributed by atoms with E-state index in [-0.39, 0.29) is 51.5 Å². The third-order valence-electron chi connectivity index (χ3n) is 6.51. The van der Waals surface area contributed by atoms with Crippen molar-refractivity contribution >= 4 is 16.7 Å². The quantitative estimate of drug-likeness (QED) is 0.193. The van der Waals surface area contributed by atoms with E-state index in [0.717, 1.165) is 18.2 Å². The van der Waals surface area contributed by atoms with E-state index in [4.69, 9.17) is 4.74 Å². The number of carbonyl (C=O) groups is 1. The first-order valence-electron chi connectivity index (χ1n) is 12.1. The summed E-state index contributed by atoms with van der Waals surface area (Å²) in [4.78, 5) is 21.6. The van der Waals surface area contributed by atoms with Gasteiger partial charge in [-0.1, -0.05) is 13.0 Å². The zero-order chi connectivity index (χ0) is 27.9. The highest BCUT2D eigenvalue weighted by Crippen LogP contribution is 2.36. The van der Waals surface area contributed by atoms with E-state index in [0.29, 0.717) is 12.0 Å². The minimum atomic E-state index is -1.80. The lowest BCUT2D eigenvalue weighted by Crippen LogP contribution is -2.24. The number of rotatable bonds is 8. The minimum Gasteiger partial charge on any atom is -0.451 e. The van der Waals surface area contributed by atoms with Crippen LogP contribution < -0.4 is 4.74 Å². The van der Waals surface area contributed by atoms with Gasteiger partial charge in [0.15, 0.2) is 17.4 Å². The summed E-state index contributed by atoms with van der Waals surface area (Å²) < 4.78 is 64.0. The third-order valence-corrected chi connectivity index (χ3v) is 6.51. The number of Topliss-reactive ketones (excluding diaryl/α,β-unsaturated/α-hetero) is 1. The van der Waals surface area contributed by atoms with Gasteiger partial charge in [0, 0.05) is 36.7 Å². The first-order chi connectivity index (χ1) is 18.6. The zero-order valence-electron chi connectivity index (χ0n) is 20.9. The molecule has 0 aliphatic heterocycles. The molecule has 0 fully saturated rings. The van der Waals surface area contributed by atoms with Gasteiger partial charge in [-0.05, 0) is 54.4 Å². The van der Waals surface area contributed by atoms with Gasteiger partial charge in [0.05, 0.1) is 16.8 Å². The standard InChI is InChI=1S/C29H23F4N3O3/c1-3-18(37)10-15-8-16(11-17(30)9-15)29(2,38)25-14-35-28(36-25)21-12-19(4-5-22(21)31)39-27-23(32)13-24-20(26(27)33)6-7-34-24/h4-9,11-14,34,38H,3,10H2,1-2H3,(H,35,36). The van der Waals surface area contributed by atoms with Crippen molar-refractivity contribution in [2.24, 2.45) is 0 Å². The molecule has 5 aromatic rings. The molecule has 200 valence electrons. The molecule has 0 radical (unpaired) electrons. The summed E-state index contributed by atoms with van der Waals surface area (Å²) in [5.74, 6) is -3.99. The number of ether oxygens (including phenoxy) is 1. The Hall–Kier alpha value is -4.44. The Balaban J connectivity index is 1.46. The summed E-state index contributed by atoms with van der Waals surface area (Å²) in [5.41, 5.74) is -1.02. The number of aliphatic hydroxyl groups is 1. The maximum Gasteiger partial charge on any atom is 0.199 e. The average molecular weight is 538 g/mol. The number of nitrogens with zero attached hydrogens (tertiary/aromatic N) is 1. The number of benzene rings is 3. The molecule has 39 heavy (non-hydrogen) atoms. The molecule has 3 N–H and O–H groups in total. The molecule has 2 aromatic heterocycles. The number of ketones is 1. The van der Waals surface area contributed by atoms with Crippen molar-refractivity contribution in [3.8, 4) is 22.9 Å². The van der Waals surface area contributed by atoms with Crippen LogP contribution in [0.2, 0.25) is 0 Å². The lowest BCUT2D eigenvalue weighted by Gasteiger charge is -2.22. The molecule has 3 aromatic carbocycles. The fourth-order valence-electron chi connectivity index (χ4n) is 4.32. The van der Waals surface area contributed by atoms with Gasteiger partial charge in [-0.2, -0.15) is 0 Å². The van der Waals surface area contributed by atoms with Gasteiger partial charge >= 0.3 is 0 Å². The van der Waals surface area contributed by atoms with E-state index in [1.54, 1.807) is 6.92 Å². The Morgan fingerprint density at radius 1 is 1.03 bits per heavy atom. The maximum absolute atomic E-state index is 14.8. The average Bonchev–Trinajstić information content (AvgIpc) is 3.57. The van der Waals surface area contributed by atoms with Gasteiger partial charge in [-0.3, -0.25) is 4.79 Å². The molecule has 6 nitrogen and oxygen atoms in total. The van der Waals surface area contributed by atoms with Crippen LogP contribution in [0.4, 0.5) is 17.6 Å². The van der Waals surface area contributed by atoms with Crippen molar-refractivity contribution in [1.29, 1.82) is 0 Å². The number of carbonyl (C=O) groups excluding carboxylic acids is 1. The summed E-state index contributed by atoms with van der Waals surface area (Å²) in [6.45, 7) is 3.10. The molecule has 10 heteroatoms. The summed E-state index contributed by atoms with van der Waals surface area (Å²) in [6, 6.07) is 9.89. The molecule has 0 spiro atoms. The number of fused-ring (bicyclic) bond motifs is 1. The van der Waals surface area contributed by atoms with Crippen molar-refractivity contribution < 1.29 is 32.2 Å². The van der Waals surface area contributed by atoms with Gasteiger partial charge in [0.1, 0.15) is 34.6 Å². The second-order valence-corrected chi connectivity index (χ2v) is 9.31. The highest BCUT2D eigenvalue weighted by atomic mass is 19.1. The van der Waals surface area contributed by atoms with E-state index in [1.807, 2.05) is 0 Å². The van der Waals surface area contributed by atoms with Crippen molar-refractivity contribution in [2.45, 2.75) is 32.3 Å². The molecule has 2 heterocycles. The van der Waals surface area contributed by atoms with Crippen LogP contribution in [0.15, 0.2) is 60.9 Å². The molecular formula is C29H23F4N3O3. The van der Waals surface area contributed by atoms with Crippen LogP contribution in [-0.4, -0.2) is 25.8 Å². The summed E-state index contributed by atoms with van der Waals surface area (Å²) in [5, 5.41) is 11.4. The molecule has 0 aliphatic rings. The van der Waals surface area contributed by atoms with E-state index in [1.165, 1.54) is 49.6 Å². The Bertz CT molecular complexity index is 1710. The van der Waals surface area contributed by atoms with Crippen molar-refractivity contribution in [3.63, 3.8) is 0 Å². The van der Waals surface area contributed by atoms with Crippen LogP contribution in [0.25, 0.3) is 22.3 Å². The Kier molecular flexibility index (Phi) is 6.73. The van der Waals surface area contributed by atoms with Gasteiger partial charge in [0.2, 0.25) is 0 Å². The lowest BCUT2D eigenvalue weighted by atomic mass is 9.90. The molecule has 0 saturated heterocycles. The van der Waals surface area contributed by atoms with Gasteiger partial charge in [-0.15, -0.1) is 0 Å². The van der Waals surface area contributed by atoms with Crippen molar-refractivity contribution in [1.82, 2.24) is 15.0 Å². The van der Waals surface area contributed by atoms with Gasteiger partial charge < -0.3 is 19.8 Å². The van der Waals surface area contributed by atoms with E-state index in [9.17, 15) is 27.5 Å². The molecule has 0 aliphatic carbocycles. The second-order valence-electron chi connectivity index (χ2n) is 9.31. The smallest absolute Gasteiger partial charge is 0.199 e. The largest absolute Gasteiger partial charge is 0.451 e. The van der Waals surface area contributed by atoms with Crippen LogP contribution in [0.3, 0.4) is 0 Å². The predicted octanol–water partition coefficient (Wildman–Crippen LogP) is 6.68. The molecule has 0 amide bonds. The van der Waals surface area contributed by atoms with Crippen LogP contribution in [0.5, 0.6) is 11.5 Å². The van der Waals surface area contributed by atoms with Crippen LogP contribution >= 0.6 is 0 Å². The monoisotopic (exact) mass is 537 g/mol. The summed E-state index contributed by atoms with van der Waals surface area (Å²) >= 11 is 0. The van der Waals surface area contributed by atoms with E-state index in [2.05, 4.69) is 15.0 Å². The molecule has 5 rings (SSSR count). The highest BCUT2D eigenvalue weighted by molar-refractivity contribution is 5.82. The van der Waals surface area contributed by atoms with Gasteiger partial charge in [-0.25, -0.2) is 22.5 Å². The molecule has 1 atom stereocenters. The number of halogens is 4. The second kappa shape index (κ2) is 10.0.